The van der Waals surface area contributed by atoms with Crippen LogP contribution in [0.5, 0.6) is 0 Å². The summed E-state index contributed by atoms with van der Waals surface area (Å²) in [5, 5.41) is 2.86. The summed E-state index contributed by atoms with van der Waals surface area (Å²) in [4.78, 5) is 37.4. The number of carbonyl (C=O) groups is 3. The molecule has 1 saturated heterocycles. The molecule has 1 unspecified atom stereocenters. The summed E-state index contributed by atoms with van der Waals surface area (Å²) < 4.78 is 0.872. The fourth-order valence-electron chi connectivity index (χ4n) is 2.83. The van der Waals surface area contributed by atoms with Gasteiger partial charge in [-0.25, -0.2) is 0 Å². The van der Waals surface area contributed by atoms with Crippen molar-refractivity contribution in [3.8, 4) is 0 Å². The number of hydrogen-bond acceptors (Lipinski definition) is 3. The fraction of sp³-hybridized carbons (Fsp3) is 0.357. The van der Waals surface area contributed by atoms with E-state index in [1.54, 1.807) is 4.90 Å². The first-order valence-electron chi connectivity index (χ1n) is 6.53. The zero-order valence-electron chi connectivity index (χ0n) is 11.0. The Morgan fingerprint density at radius 1 is 1.29 bits per heavy atom. The van der Waals surface area contributed by atoms with Gasteiger partial charge in [-0.15, -0.1) is 0 Å². The molecule has 5 nitrogen and oxygen atoms in total. The van der Waals surface area contributed by atoms with E-state index in [2.05, 4.69) is 37.2 Å². The average Bonchev–Trinajstić information content (AvgIpc) is 2.77. The van der Waals surface area contributed by atoms with Crippen molar-refractivity contribution in [1.82, 2.24) is 10.2 Å². The van der Waals surface area contributed by atoms with Gasteiger partial charge in [-0.05, 0) is 23.6 Å². The number of benzene rings is 1. The lowest BCUT2D eigenvalue weighted by atomic mass is 10.0. The molecule has 0 spiro atoms. The van der Waals surface area contributed by atoms with E-state index in [1.807, 2.05) is 12.1 Å². The highest BCUT2D eigenvalue weighted by Crippen LogP contribution is 2.34. The van der Waals surface area contributed by atoms with Crippen LogP contribution >= 0.6 is 31.9 Å². The van der Waals surface area contributed by atoms with Crippen LogP contribution in [0.15, 0.2) is 16.6 Å². The first-order valence-corrected chi connectivity index (χ1v) is 8.45. The van der Waals surface area contributed by atoms with Crippen LogP contribution in [0, 0.1) is 0 Å². The maximum Gasteiger partial charge on any atom is 0.255 e. The van der Waals surface area contributed by atoms with Crippen LogP contribution < -0.4 is 5.32 Å². The van der Waals surface area contributed by atoms with Gasteiger partial charge in [-0.2, -0.15) is 0 Å². The lowest BCUT2D eigenvalue weighted by Gasteiger charge is -2.29. The van der Waals surface area contributed by atoms with Crippen LogP contribution in [0.2, 0.25) is 0 Å². The Labute approximate surface area is 138 Å². The zero-order valence-corrected chi connectivity index (χ0v) is 14.2. The van der Waals surface area contributed by atoms with Crippen LogP contribution in [0.1, 0.15) is 34.3 Å². The molecular weight excluding hydrogens is 404 g/mol. The Kier molecular flexibility index (Phi) is 3.88. The van der Waals surface area contributed by atoms with Gasteiger partial charge in [0.05, 0.1) is 0 Å². The second kappa shape index (κ2) is 5.53. The van der Waals surface area contributed by atoms with E-state index in [9.17, 15) is 14.4 Å². The second-order valence-corrected chi connectivity index (χ2v) is 6.51. The standard InChI is InChI=1S/C14H12Br2N2O3/c15-5-8-9(16)2-1-7-6-18(14(21)12(7)8)10-3-4-11(19)17-13(10)20/h1-2,10H,3-6H2,(H,17,19,20). The molecule has 1 N–H and O–H groups in total. The Hall–Kier alpha value is -1.21. The average molecular weight is 416 g/mol. The van der Waals surface area contributed by atoms with Gasteiger partial charge in [0.1, 0.15) is 6.04 Å². The summed E-state index contributed by atoms with van der Waals surface area (Å²) in [6, 6.07) is 3.25. The Morgan fingerprint density at radius 3 is 2.71 bits per heavy atom. The predicted octanol–water partition coefficient (Wildman–Crippen LogP) is 2.10. The van der Waals surface area contributed by atoms with E-state index in [-0.39, 0.29) is 24.1 Å². The first kappa shape index (κ1) is 14.7. The maximum atomic E-state index is 12.7. The number of alkyl halides is 1. The molecular formula is C14H12Br2N2O3. The number of hydrogen-bond donors (Lipinski definition) is 1. The number of carbonyl (C=O) groups excluding carboxylic acids is 3. The molecule has 110 valence electrons. The molecule has 0 saturated carbocycles. The molecule has 7 heteroatoms. The van der Waals surface area contributed by atoms with Crippen molar-refractivity contribution in [3.05, 3.63) is 33.3 Å². The van der Waals surface area contributed by atoms with Crippen LogP contribution in [0.3, 0.4) is 0 Å². The third-order valence-electron chi connectivity index (χ3n) is 3.88. The summed E-state index contributed by atoms with van der Waals surface area (Å²) in [7, 11) is 0. The predicted molar refractivity (Wildman–Crippen MR) is 82.8 cm³/mol. The van der Waals surface area contributed by atoms with E-state index in [0.29, 0.717) is 23.9 Å². The number of rotatable bonds is 2. The fourth-order valence-corrected chi connectivity index (χ4v) is 4.26. The Bertz CT molecular complexity index is 660. The molecule has 21 heavy (non-hydrogen) atoms. The molecule has 0 aromatic heterocycles. The minimum absolute atomic E-state index is 0.143. The first-order chi connectivity index (χ1) is 10.0. The SMILES string of the molecule is O=C1CCC(N2Cc3ccc(Br)c(CBr)c3C2=O)C(=O)N1. The van der Waals surface area contributed by atoms with Crippen molar-refractivity contribution in [2.24, 2.45) is 0 Å². The Morgan fingerprint density at radius 2 is 2.05 bits per heavy atom. The molecule has 2 heterocycles. The van der Waals surface area contributed by atoms with Crippen molar-refractivity contribution in [1.29, 1.82) is 0 Å². The highest BCUT2D eigenvalue weighted by molar-refractivity contribution is 9.10. The summed E-state index contributed by atoms with van der Waals surface area (Å²) in [5.74, 6) is -0.800. The van der Waals surface area contributed by atoms with Gasteiger partial charge in [0.2, 0.25) is 11.8 Å². The van der Waals surface area contributed by atoms with Crippen LogP contribution in [-0.4, -0.2) is 28.7 Å². The lowest BCUT2D eigenvalue weighted by molar-refractivity contribution is -0.136. The number of fused-ring (bicyclic) bond motifs is 1. The molecule has 0 bridgehead atoms. The van der Waals surface area contributed by atoms with Gasteiger partial charge in [0, 0.05) is 28.3 Å². The largest absolute Gasteiger partial charge is 0.322 e. The van der Waals surface area contributed by atoms with Gasteiger partial charge in [-0.3, -0.25) is 19.7 Å². The minimum Gasteiger partial charge on any atom is -0.322 e. The molecule has 2 aliphatic rings. The molecule has 0 radical (unpaired) electrons. The Balaban J connectivity index is 1.94. The topological polar surface area (TPSA) is 66.5 Å². The van der Waals surface area contributed by atoms with Crippen molar-refractivity contribution in [2.75, 3.05) is 0 Å². The molecule has 3 rings (SSSR count). The quantitative estimate of drug-likeness (QED) is 0.594. The molecule has 2 aliphatic heterocycles. The smallest absolute Gasteiger partial charge is 0.255 e. The van der Waals surface area contributed by atoms with E-state index < -0.39 is 6.04 Å². The second-order valence-electron chi connectivity index (χ2n) is 5.09. The summed E-state index contributed by atoms with van der Waals surface area (Å²) in [6.45, 7) is 0.410. The third kappa shape index (κ3) is 2.42. The normalized spacial score (nSPS) is 21.5. The number of amides is 3. The van der Waals surface area contributed by atoms with Crippen molar-refractivity contribution < 1.29 is 14.4 Å². The van der Waals surface area contributed by atoms with Gasteiger partial charge >= 0.3 is 0 Å². The molecule has 1 aromatic carbocycles. The van der Waals surface area contributed by atoms with Gasteiger partial charge in [0.15, 0.2) is 0 Å². The number of halogens is 2. The number of nitrogens with one attached hydrogen (secondary N) is 1. The van der Waals surface area contributed by atoms with Crippen LogP contribution in [0.4, 0.5) is 0 Å². The zero-order chi connectivity index (χ0) is 15.1. The third-order valence-corrected chi connectivity index (χ3v) is 5.18. The van der Waals surface area contributed by atoms with Crippen molar-refractivity contribution in [2.45, 2.75) is 30.8 Å². The number of piperidine rings is 1. The van der Waals surface area contributed by atoms with Crippen molar-refractivity contribution >= 4 is 49.6 Å². The molecule has 0 aliphatic carbocycles. The van der Waals surface area contributed by atoms with Gasteiger partial charge in [0.25, 0.3) is 5.91 Å². The van der Waals surface area contributed by atoms with E-state index in [1.165, 1.54) is 0 Å². The summed E-state index contributed by atoms with van der Waals surface area (Å²) in [6.07, 6.45) is 0.654. The monoisotopic (exact) mass is 414 g/mol. The van der Waals surface area contributed by atoms with Crippen molar-refractivity contribution in [3.63, 3.8) is 0 Å². The van der Waals surface area contributed by atoms with E-state index in [0.717, 1.165) is 15.6 Å². The lowest BCUT2D eigenvalue weighted by Crippen LogP contribution is -2.52. The van der Waals surface area contributed by atoms with E-state index in [4.69, 9.17) is 0 Å². The number of nitrogens with zero attached hydrogens (tertiary/aromatic N) is 1. The summed E-state index contributed by atoms with van der Waals surface area (Å²) >= 11 is 6.85. The minimum atomic E-state index is -0.565. The number of imide groups is 1. The molecule has 1 atom stereocenters. The molecule has 3 amide bonds. The molecule has 1 aromatic rings. The van der Waals surface area contributed by atoms with Crippen LogP contribution in [-0.2, 0) is 21.5 Å². The van der Waals surface area contributed by atoms with Gasteiger partial charge < -0.3 is 4.90 Å². The van der Waals surface area contributed by atoms with Gasteiger partial charge in [-0.1, -0.05) is 37.9 Å². The summed E-state index contributed by atoms with van der Waals surface area (Å²) in [5.41, 5.74) is 2.47. The maximum absolute atomic E-state index is 12.7. The highest BCUT2D eigenvalue weighted by atomic mass is 79.9. The van der Waals surface area contributed by atoms with E-state index >= 15 is 0 Å². The highest BCUT2D eigenvalue weighted by Gasteiger charge is 2.40. The molecule has 1 fully saturated rings. The van der Waals surface area contributed by atoms with Crippen LogP contribution in [0.25, 0.3) is 0 Å².